The molecule has 1 aromatic heterocycles. The van der Waals surface area contributed by atoms with E-state index in [0.717, 1.165) is 37.2 Å². The molecule has 0 saturated carbocycles. The van der Waals surface area contributed by atoms with Crippen LogP contribution in [0.3, 0.4) is 0 Å². The van der Waals surface area contributed by atoms with Crippen LogP contribution in [0.4, 0.5) is 0 Å². The lowest BCUT2D eigenvalue weighted by Gasteiger charge is -2.16. The summed E-state index contributed by atoms with van der Waals surface area (Å²) in [7, 11) is 0. The molecule has 0 aliphatic carbocycles. The van der Waals surface area contributed by atoms with Crippen LogP contribution in [-0.4, -0.2) is 12.5 Å². The van der Waals surface area contributed by atoms with Crippen LogP contribution >= 0.6 is 23.1 Å². The molecule has 0 N–H and O–H groups in total. The Balaban J connectivity index is 1.18. The van der Waals surface area contributed by atoms with Crippen LogP contribution in [0.1, 0.15) is 5.56 Å². The molecular formula is C33H25BOS2. The molecule has 6 aromatic rings. The molecule has 0 saturated heterocycles. The van der Waals surface area contributed by atoms with Gasteiger partial charge in [0.15, 0.2) is 5.43 Å². The Bertz CT molecular complexity index is 1670. The fourth-order valence-corrected chi connectivity index (χ4v) is 6.89. The Morgan fingerprint density at radius 2 is 1.19 bits per heavy atom. The van der Waals surface area contributed by atoms with Crippen molar-refractivity contribution in [3.63, 3.8) is 0 Å². The van der Waals surface area contributed by atoms with Crippen molar-refractivity contribution in [2.45, 2.75) is 11.3 Å². The third-order valence-corrected chi connectivity index (χ3v) is 8.93. The van der Waals surface area contributed by atoms with Crippen molar-refractivity contribution in [3.05, 3.63) is 143 Å². The minimum atomic E-state index is 0.133. The van der Waals surface area contributed by atoms with Crippen LogP contribution in [0, 0.1) is 0 Å². The summed E-state index contributed by atoms with van der Waals surface area (Å²) >= 11 is 3.50. The van der Waals surface area contributed by atoms with Crippen molar-refractivity contribution in [2.75, 3.05) is 5.75 Å². The summed E-state index contributed by atoms with van der Waals surface area (Å²) < 4.78 is 2.10. The van der Waals surface area contributed by atoms with Gasteiger partial charge < -0.3 is 0 Å². The average Bonchev–Trinajstić information content (AvgIpc) is 2.96. The highest BCUT2D eigenvalue weighted by Crippen LogP contribution is 2.28. The molecule has 0 spiro atoms. The van der Waals surface area contributed by atoms with Gasteiger partial charge in [0.1, 0.15) is 0 Å². The largest absolute Gasteiger partial charge is 0.289 e. The molecular weight excluding hydrogens is 487 g/mol. The van der Waals surface area contributed by atoms with Gasteiger partial charge in [-0.3, -0.25) is 4.79 Å². The van der Waals surface area contributed by atoms with Gasteiger partial charge in [-0.1, -0.05) is 113 Å². The van der Waals surface area contributed by atoms with Crippen molar-refractivity contribution in [1.29, 1.82) is 0 Å². The van der Waals surface area contributed by atoms with E-state index in [1.54, 1.807) is 11.3 Å². The van der Waals surface area contributed by atoms with E-state index >= 15 is 0 Å². The van der Waals surface area contributed by atoms with Gasteiger partial charge in [-0.15, -0.1) is 23.1 Å². The van der Waals surface area contributed by atoms with E-state index in [4.69, 9.17) is 0 Å². The van der Waals surface area contributed by atoms with Crippen molar-refractivity contribution >= 4 is 66.4 Å². The predicted molar refractivity (Wildman–Crippen MR) is 164 cm³/mol. The van der Waals surface area contributed by atoms with E-state index in [9.17, 15) is 4.79 Å². The fraction of sp³-hybridized carbons (Fsp3) is 0.0606. The quantitative estimate of drug-likeness (QED) is 0.143. The number of aryl methyl sites for hydroxylation is 1. The Morgan fingerprint density at radius 3 is 1.89 bits per heavy atom. The maximum absolute atomic E-state index is 13.0. The maximum Gasteiger partial charge on any atom is 0.241 e. The molecule has 6 rings (SSSR count). The van der Waals surface area contributed by atoms with E-state index < -0.39 is 0 Å². The normalized spacial score (nSPS) is 11.1. The first-order valence-corrected chi connectivity index (χ1v) is 14.3. The highest BCUT2D eigenvalue weighted by molar-refractivity contribution is 7.99. The van der Waals surface area contributed by atoms with Crippen molar-refractivity contribution in [2.24, 2.45) is 0 Å². The number of rotatable bonds is 7. The molecule has 37 heavy (non-hydrogen) atoms. The molecule has 4 heteroatoms. The van der Waals surface area contributed by atoms with Gasteiger partial charge >= 0.3 is 0 Å². The highest BCUT2D eigenvalue weighted by atomic mass is 32.2. The molecule has 0 radical (unpaired) electrons. The predicted octanol–water partition coefficient (Wildman–Crippen LogP) is 6.27. The Kier molecular flexibility index (Phi) is 6.94. The zero-order valence-corrected chi connectivity index (χ0v) is 22.0. The van der Waals surface area contributed by atoms with Gasteiger partial charge in [-0.25, -0.2) is 0 Å². The van der Waals surface area contributed by atoms with Crippen LogP contribution in [0.15, 0.2) is 137 Å². The van der Waals surface area contributed by atoms with Gasteiger partial charge in [0.25, 0.3) is 0 Å². The smallest absolute Gasteiger partial charge is 0.241 e. The molecule has 1 nitrogen and oxygen atoms in total. The van der Waals surface area contributed by atoms with Gasteiger partial charge in [-0.05, 0) is 42.3 Å². The topological polar surface area (TPSA) is 17.1 Å². The second-order valence-electron chi connectivity index (χ2n) is 9.18. The number of thioether (sulfide) groups is 1. The van der Waals surface area contributed by atoms with Gasteiger partial charge in [-0.2, -0.15) is 0 Å². The number of hydrogen-bond donors (Lipinski definition) is 0. The van der Waals surface area contributed by atoms with Gasteiger partial charge in [0.2, 0.25) is 6.71 Å². The third kappa shape index (κ3) is 5.13. The van der Waals surface area contributed by atoms with Crippen molar-refractivity contribution < 1.29 is 0 Å². The van der Waals surface area contributed by atoms with E-state index in [1.165, 1.54) is 22.0 Å². The van der Waals surface area contributed by atoms with E-state index in [2.05, 4.69) is 103 Å². The second-order valence-corrected chi connectivity index (χ2v) is 11.4. The molecule has 5 aromatic carbocycles. The molecule has 0 amide bonds. The zero-order chi connectivity index (χ0) is 25.0. The van der Waals surface area contributed by atoms with Gasteiger partial charge in [0, 0.05) is 30.8 Å². The summed E-state index contributed by atoms with van der Waals surface area (Å²) in [5.74, 6) is 0.969. The molecule has 0 aliphatic rings. The summed E-state index contributed by atoms with van der Waals surface area (Å²) in [5, 5.41) is 1.64. The lowest BCUT2D eigenvalue weighted by molar-refractivity contribution is 1.16. The van der Waals surface area contributed by atoms with Gasteiger partial charge in [0.05, 0.1) is 0 Å². The summed E-state index contributed by atoms with van der Waals surface area (Å²) in [6.07, 6.45) is 0.981. The number of hydrogen-bond acceptors (Lipinski definition) is 3. The number of fused-ring (bicyclic) bond motifs is 2. The molecule has 178 valence electrons. The molecule has 0 unspecified atom stereocenters. The summed E-state index contributed by atoms with van der Waals surface area (Å²) in [5.41, 5.74) is 5.38. The Morgan fingerprint density at radius 1 is 0.595 bits per heavy atom. The van der Waals surface area contributed by atoms with Crippen LogP contribution in [0.25, 0.3) is 20.2 Å². The van der Waals surface area contributed by atoms with E-state index in [0.29, 0.717) is 0 Å². The SMILES string of the molecule is O=c1c2ccccc2sc2ccc(SCCc3ccc(B(c4ccccc4)c4ccccc4)cc3)cc12. The van der Waals surface area contributed by atoms with Crippen LogP contribution in [0.5, 0.6) is 0 Å². The zero-order valence-electron chi connectivity index (χ0n) is 20.3. The third-order valence-electron chi connectivity index (χ3n) is 6.79. The first kappa shape index (κ1) is 23.8. The minimum absolute atomic E-state index is 0.133. The van der Waals surface area contributed by atoms with Crippen LogP contribution in [-0.2, 0) is 6.42 Å². The first-order chi connectivity index (χ1) is 18.3. The molecule has 0 bridgehead atoms. The second kappa shape index (κ2) is 10.8. The molecule has 0 aliphatic heterocycles. The standard InChI is InChI=1S/C33H25BOS2/c35-33-29-13-7-8-14-31(29)37-32-20-19-28(23-30(32)33)36-22-21-24-15-17-27(18-16-24)34(25-9-3-1-4-10-25)26-11-5-2-6-12-26/h1-20,23H,21-22H2. The molecule has 0 fully saturated rings. The van der Waals surface area contributed by atoms with Crippen molar-refractivity contribution in [3.8, 4) is 0 Å². The first-order valence-electron chi connectivity index (χ1n) is 12.5. The van der Waals surface area contributed by atoms with Crippen molar-refractivity contribution in [1.82, 2.24) is 0 Å². The average molecular weight is 513 g/mol. The monoisotopic (exact) mass is 512 g/mol. The minimum Gasteiger partial charge on any atom is -0.289 e. The Labute approximate surface area is 225 Å². The summed E-state index contributed by atoms with van der Waals surface area (Å²) in [6.45, 7) is 0.224. The summed E-state index contributed by atoms with van der Waals surface area (Å²) in [6, 6.07) is 44.7. The molecule has 0 atom stereocenters. The van der Waals surface area contributed by atoms with E-state index in [-0.39, 0.29) is 12.1 Å². The van der Waals surface area contributed by atoms with Crippen LogP contribution in [0.2, 0.25) is 0 Å². The highest BCUT2D eigenvalue weighted by Gasteiger charge is 2.21. The lowest BCUT2D eigenvalue weighted by Crippen LogP contribution is -2.51. The number of benzene rings is 5. The Hall–Kier alpha value is -3.60. The maximum atomic E-state index is 13.0. The van der Waals surface area contributed by atoms with Crippen LogP contribution < -0.4 is 21.8 Å². The molecule has 1 heterocycles. The summed E-state index contributed by atoms with van der Waals surface area (Å²) in [4.78, 5) is 14.2. The fourth-order valence-electron chi connectivity index (χ4n) is 4.90. The van der Waals surface area contributed by atoms with E-state index in [1.807, 2.05) is 36.0 Å². The lowest BCUT2D eigenvalue weighted by atomic mass is 9.37.